The molecular formula is C16H18N2O2. The molecule has 2 aromatic rings. The summed E-state index contributed by atoms with van der Waals surface area (Å²) in [5.41, 5.74) is 0.986. The van der Waals surface area contributed by atoms with Crippen LogP contribution >= 0.6 is 0 Å². The SMILES string of the molecule is C=CCN(CCC)c1ccc2c(C(=O)O)cccc2n1. The van der Waals surface area contributed by atoms with Crippen LogP contribution in [0.5, 0.6) is 0 Å². The molecule has 1 N–H and O–H groups in total. The second-order valence-corrected chi connectivity index (χ2v) is 4.58. The highest BCUT2D eigenvalue weighted by molar-refractivity contribution is 6.02. The normalized spacial score (nSPS) is 10.4. The number of nitrogens with zero attached hydrogens (tertiary/aromatic N) is 2. The molecule has 4 nitrogen and oxygen atoms in total. The van der Waals surface area contributed by atoms with Crippen LogP contribution in [0.15, 0.2) is 43.0 Å². The van der Waals surface area contributed by atoms with Crippen molar-refractivity contribution in [3.8, 4) is 0 Å². The summed E-state index contributed by atoms with van der Waals surface area (Å²) < 4.78 is 0. The summed E-state index contributed by atoms with van der Waals surface area (Å²) in [6, 6.07) is 8.85. The molecule has 1 heterocycles. The van der Waals surface area contributed by atoms with Gasteiger partial charge in [-0.25, -0.2) is 9.78 Å². The Morgan fingerprint density at radius 3 is 2.85 bits per heavy atom. The lowest BCUT2D eigenvalue weighted by Gasteiger charge is -2.21. The molecule has 0 atom stereocenters. The number of fused-ring (bicyclic) bond motifs is 1. The van der Waals surface area contributed by atoms with Crippen LogP contribution in [-0.4, -0.2) is 29.1 Å². The zero-order valence-electron chi connectivity index (χ0n) is 11.5. The molecule has 0 fully saturated rings. The van der Waals surface area contributed by atoms with Gasteiger partial charge in [-0.05, 0) is 30.7 Å². The van der Waals surface area contributed by atoms with Gasteiger partial charge in [0.2, 0.25) is 0 Å². The maximum atomic E-state index is 11.2. The third-order valence-electron chi connectivity index (χ3n) is 3.11. The summed E-state index contributed by atoms with van der Waals surface area (Å²) in [7, 11) is 0. The van der Waals surface area contributed by atoms with Crippen molar-refractivity contribution < 1.29 is 9.90 Å². The van der Waals surface area contributed by atoms with Gasteiger partial charge in [0.15, 0.2) is 0 Å². The summed E-state index contributed by atoms with van der Waals surface area (Å²) in [5, 5.41) is 9.84. The molecule has 20 heavy (non-hydrogen) atoms. The molecular weight excluding hydrogens is 252 g/mol. The Kier molecular flexibility index (Phi) is 4.35. The first-order chi connectivity index (χ1) is 9.67. The quantitative estimate of drug-likeness (QED) is 0.818. The second kappa shape index (κ2) is 6.19. The molecule has 0 radical (unpaired) electrons. The van der Waals surface area contributed by atoms with Crippen molar-refractivity contribution in [1.29, 1.82) is 0 Å². The number of anilines is 1. The van der Waals surface area contributed by atoms with Gasteiger partial charge in [-0.3, -0.25) is 0 Å². The van der Waals surface area contributed by atoms with Crippen molar-refractivity contribution in [3.05, 3.63) is 48.6 Å². The van der Waals surface area contributed by atoms with E-state index in [1.54, 1.807) is 12.1 Å². The molecule has 1 aromatic heterocycles. The zero-order chi connectivity index (χ0) is 14.5. The maximum absolute atomic E-state index is 11.2. The summed E-state index contributed by atoms with van der Waals surface area (Å²) in [6.45, 7) is 7.49. The minimum absolute atomic E-state index is 0.285. The van der Waals surface area contributed by atoms with Crippen molar-refractivity contribution in [1.82, 2.24) is 4.98 Å². The van der Waals surface area contributed by atoms with E-state index in [1.165, 1.54) is 0 Å². The van der Waals surface area contributed by atoms with E-state index < -0.39 is 5.97 Å². The van der Waals surface area contributed by atoms with Crippen LogP contribution in [0.4, 0.5) is 5.82 Å². The number of carbonyl (C=O) groups is 1. The van der Waals surface area contributed by atoms with Crippen molar-refractivity contribution in [2.24, 2.45) is 0 Å². The van der Waals surface area contributed by atoms with Crippen LogP contribution in [0, 0.1) is 0 Å². The van der Waals surface area contributed by atoms with Gasteiger partial charge < -0.3 is 10.0 Å². The maximum Gasteiger partial charge on any atom is 0.336 e. The minimum Gasteiger partial charge on any atom is -0.478 e. The summed E-state index contributed by atoms with van der Waals surface area (Å²) in [4.78, 5) is 17.9. The Bertz CT molecular complexity index is 637. The fourth-order valence-electron chi connectivity index (χ4n) is 2.23. The Morgan fingerprint density at radius 1 is 1.40 bits per heavy atom. The first-order valence-electron chi connectivity index (χ1n) is 6.66. The average molecular weight is 270 g/mol. The first-order valence-corrected chi connectivity index (χ1v) is 6.66. The number of benzene rings is 1. The van der Waals surface area contributed by atoms with Gasteiger partial charge in [0.05, 0.1) is 11.1 Å². The Balaban J connectivity index is 2.48. The highest BCUT2D eigenvalue weighted by atomic mass is 16.4. The zero-order valence-corrected chi connectivity index (χ0v) is 11.5. The largest absolute Gasteiger partial charge is 0.478 e. The number of hydrogen-bond donors (Lipinski definition) is 1. The van der Waals surface area contributed by atoms with Crippen LogP contribution in [-0.2, 0) is 0 Å². The number of hydrogen-bond acceptors (Lipinski definition) is 3. The summed E-state index contributed by atoms with van der Waals surface area (Å²) >= 11 is 0. The molecule has 0 spiro atoms. The predicted molar refractivity (Wildman–Crippen MR) is 81.4 cm³/mol. The van der Waals surface area contributed by atoms with E-state index >= 15 is 0 Å². The standard InChI is InChI=1S/C16H18N2O2/c1-3-10-18(11-4-2)15-9-8-12-13(16(19)20)6-5-7-14(12)17-15/h3,5-9H,1,4,10-11H2,2H3,(H,19,20). The number of rotatable bonds is 6. The van der Waals surface area contributed by atoms with Crippen LogP contribution < -0.4 is 4.90 Å². The molecule has 2 rings (SSSR count). The molecule has 104 valence electrons. The van der Waals surface area contributed by atoms with Crippen LogP contribution in [0.1, 0.15) is 23.7 Å². The smallest absolute Gasteiger partial charge is 0.336 e. The Morgan fingerprint density at radius 2 is 2.20 bits per heavy atom. The number of aromatic nitrogens is 1. The minimum atomic E-state index is -0.929. The molecule has 0 aliphatic carbocycles. The van der Waals surface area contributed by atoms with E-state index in [9.17, 15) is 9.90 Å². The number of aromatic carboxylic acids is 1. The van der Waals surface area contributed by atoms with Crippen molar-refractivity contribution in [3.63, 3.8) is 0 Å². The monoisotopic (exact) mass is 270 g/mol. The molecule has 0 aliphatic heterocycles. The fraction of sp³-hybridized carbons (Fsp3) is 0.250. The number of carboxylic acids is 1. The average Bonchev–Trinajstić information content (AvgIpc) is 2.45. The van der Waals surface area contributed by atoms with E-state index in [4.69, 9.17) is 0 Å². The molecule has 0 saturated carbocycles. The van der Waals surface area contributed by atoms with Gasteiger partial charge in [-0.1, -0.05) is 19.1 Å². The lowest BCUT2D eigenvalue weighted by atomic mass is 10.1. The molecule has 4 heteroatoms. The van der Waals surface area contributed by atoms with Gasteiger partial charge in [0.1, 0.15) is 5.82 Å². The molecule has 0 saturated heterocycles. The van der Waals surface area contributed by atoms with Gasteiger partial charge in [-0.2, -0.15) is 0 Å². The first kappa shape index (κ1) is 14.1. The van der Waals surface area contributed by atoms with Gasteiger partial charge >= 0.3 is 5.97 Å². The van der Waals surface area contributed by atoms with Crippen molar-refractivity contribution in [2.75, 3.05) is 18.0 Å². The van der Waals surface area contributed by atoms with Gasteiger partial charge in [0, 0.05) is 18.5 Å². The van der Waals surface area contributed by atoms with Crippen LogP contribution in [0.3, 0.4) is 0 Å². The van der Waals surface area contributed by atoms with Gasteiger partial charge in [-0.15, -0.1) is 6.58 Å². The predicted octanol–water partition coefficient (Wildman–Crippen LogP) is 3.34. The van der Waals surface area contributed by atoms with Crippen molar-refractivity contribution in [2.45, 2.75) is 13.3 Å². The molecule has 0 aliphatic rings. The molecule has 0 amide bonds. The summed E-state index contributed by atoms with van der Waals surface area (Å²) in [6.07, 6.45) is 2.86. The van der Waals surface area contributed by atoms with Gasteiger partial charge in [0.25, 0.3) is 0 Å². The van der Waals surface area contributed by atoms with E-state index in [-0.39, 0.29) is 5.56 Å². The van der Waals surface area contributed by atoms with E-state index in [1.807, 2.05) is 24.3 Å². The van der Waals surface area contributed by atoms with E-state index in [2.05, 4.69) is 23.4 Å². The van der Waals surface area contributed by atoms with E-state index in [0.29, 0.717) is 10.9 Å². The second-order valence-electron chi connectivity index (χ2n) is 4.58. The van der Waals surface area contributed by atoms with Crippen LogP contribution in [0.2, 0.25) is 0 Å². The lowest BCUT2D eigenvalue weighted by molar-refractivity contribution is 0.0699. The lowest BCUT2D eigenvalue weighted by Crippen LogP contribution is -2.24. The number of pyridine rings is 1. The highest BCUT2D eigenvalue weighted by Gasteiger charge is 2.11. The fourth-order valence-corrected chi connectivity index (χ4v) is 2.23. The highest BCUT2D eigenvalue weighted by Crippen LogP contribution is 2.21. The topological polar surface area (TPSA) is 53.4 Å². The Labute approximate surface area is 118 Å². The third kappa shape index (κ3) is 2.79. The third-order valence-corrected chi connectivity index (χ3v) is 3.11. The Hall–Kier alpha value is -2.36. The molecule has 1 aromatic carbocycles. The number of carboxylic acid groups (broad SMARTS) is 1. The van der Waals surface area contributed by atoms with Crippen molar-refractivity contribution >= 4 is 22.7 Å². The molecule has 0 unspecified atom stereocenters. The van der Waals surface area contributed by atoms with E-state index in [0.717, 1.165) is 25.3 Å². The van der Waals surface area contributed by atoms with Crippen LogP contribution in [0.25, 0.3) is 10.9 Å². The molecule has 0 bridgehead atoms. The summed E-state index contributed by atoms with van der Waals surface area (Å²) in [5.74, 6) is -0.0801.